The van der Waals surface area contributed by atoms with Crippen LogP contribution in [0.3, 0.4) is 0 Å². The topological polar surface area (TPSA) is 190 Å². The Kier molecular flexibility index (Phi) is 12.5. The van der Waals surface area contributed by atoms with Gasteiger partial charge in [-0.15, -0.1) is 0 Å². The Bertz CT molecular complexity index is 895. The van der Waals surface area contributed by atoms with Crippen LogP contribution in [0.5, 0.6) is 11.6 Å². The Balaban J connectivity index is 0. The molecule has 152 valence electrons. The number of methoxy groups -OCH3 is 2. The monoisotopic (exact) mass is 424 g/mol. The molecule has 3 rings (SSSR count). The first-order valence-corrected chi connectivity index (χ1v) is 8.63. The fraction of sp³-hybridized carbons (Fsp3) is 0.312. The van der Waals surface area contributed by atoms with E-state index in [2.05, 4.69) is 19.9 Å². The molecule has 0 amide bonds. The van der Waals surface area contributed by atoms with Crippen LogP contribution >= 0.6 is 0 Å². The van der Waals surface area contributed by atoms with Crippen LogP contribution in [0.2, 0.25) is 0 Å². The Morgan fingerprint density at radius 3 is 2.36 bits per heavy atom. The average molecular weight is 424 g/mol. The van der Waals surface area contributed by atoms with Crippen molar-refractivity contribution in [1.29, 1.82) is 0 Å². The molecule has 0 aliphatic heterocycles. The molecule has 12 heteroatoms. The van der Waals surface area contributed by atoms with Crippen molar-refractivity contribution in [2.75, 3.05) is 14.2 Å². The van der Waals surface area contributed by atoms with Gasteiger partial charge in [-0.2, -0.15) is 9.97 Å². The summed E-state index contributed by atoms with van der Waals surface area (Å²) >= 11 is -1.37. The van der Waals surface area contributed by atoms with Crippen molar-refractivity contribution in [2.45, 2.75) is 24.8 Å². The zero-order chi connectivity index (χ0) is 17.3. The second-order valence-electron chi connectivity index (χ2n) is 5.30. The van der Waals surface area contributed by atoms with Gasteiger partial charge in [0.2, 0.25) is 5.88 Å². The number of hydrogen-bond acceptors (Lipinski definition) is 6. The standard InChI is InChI=1S/C16H18N4O3S.Na.3H2O.H/c1-9-7-17-12(10(2)14(9)23-4)8-24(21)16-18-11-5-6-13(22-3)19-15(11)20-16;;;;;/h5-7H,8H2,1-4H3,(H,18,19,20);;3*1H2;. The predicted octanol–water partition coefficient (Wildman–Crippen LogP) is -0.828. The number of fused-ring (bicyclic) bond motifs is 1. The van der Waals surface area contributed by atoms with E-state index in [4.69, 9.17) is 9.47 Å². The third-order valence-corrected chi connectivity index (χ3v) is 4.90. The number of nitrogens with one attached hydrogen (secondary N) is 1. The van der Waals surface area contributed by atoms with Gasteiger partial charge in [-0.25, -0.2) is 0 Å². The quantitative estimate of drug-likeness (QED) is 0.410. The van der Waals surface area contributed by atoms with Crippen LogP contribution in [-0.2, 0) is 16.9 Å². The van der Waals surface area contributed by atoms with Crippen LogP contribution in [0.4, 0.5) is 0 Å². The number of rotatable bonds is 5. The molecule has 0 saturated carbocycles. The van der Waals surface area contributed by atoms with Crippen LogP contribution in [0, 0.1) is 13.8 Å². The first-order valence-electron chi connectivity index (χ1n) is 7.31. The first-order chi connectivity index (χ1) is 11.5. The summed E-state index contributed by atoms with van der Waals surface area (Å²) in [5.74, 6) is 1.49. The molecule has 0 aromatic carbocycles. The zero-order valence-corrected chi connectivity index (χ0v) is 16.2. The summed E-state index contributed by atoms with van der Waals surface area (Å²) in [6.45, 7) is 3.84. The van der Waals surface area contributed by atoms with Gasteiger partial charge in [0.25, 0.3) is 0 Å². The molecule has 0 fully saturated rings. The Labute approximate surface area is 187 Å². The van der Waals surface area contributed by atoms with Crippen molar-refractivity contribution in [3.63, 3.8) is 0 Å². The maximum absolute atomic E-state index is 12.7. The Morgan fingerprint density at radius 1 is 1.07 bits per heavy atom. The number of pyridine rings is 2. The van der Waals surface area contributed by atoms with Gasteiger partial charge >= 0.3 is 34.7 Å². The summed E-state index contributed by atoms with van der Waals surface area (Å²) in [7, 11) is 3.16. The Hall–Kier alpha value is -1.44. The van der Waals surface area contributed by atoms with Crippen molar-refractivity contribution in [1.82, 2.24) is 19.9 Å². The fourth-order valence-corrected chi connectivity index (χ4v) is 3.57. The van der Waals surface area contributed by atoms with E-state index in [9.17, 15) is 4.55 Å². The fourth-order valence-electron chi connectivity index (χ4n) is 2.48. The molecule has 7 N–H and O–H groups in total. The van der Waals surface area contributed by atoms with E-state index in [0.717, 1.165) is 22.6 Å². The minimum absolute atomic E-state index is 0. The number of H-pyrrole nitrogens is 1. The Morgan fingerprint density at radius 2 is 1.75 bits per heavy atom. The number of aryl methyl sites for hydroxylation is 1. The van der Waals surface area contributed by atoms with Crippen LogP contribution in [0.15, 0.2) is 23.5 Å². The average Bonchev–Trinajstić information content (AvgIpc) is 3.01. The number of ether oxygens (including phenoxy) is 2. The van der Waals surface area contributed by atoms with Crippen molar-refractivity contribution in [3.8, 4) is 11.6 Å². The van der Waals surface area contributed by atoms with E-state index >= 15 is 0 Å². The van der Waals surface area contributed by atoms with E-state index in [0.29, 0.717) is 22.2 Å². The van der Waals surface area contributed by atoms with Crippen molar-refractivity contribution in [3.05, 3.63) is 35.2 Å². The predicted molar refractivity (Wildman–Crippen MR) is 109 cm³/mol. The molecule has 3 heterocycles. The molecule has 1 unspecified atom stereocenters. The number of aromatic nitrogens is 4. The van der Waals surface area contributed by atoms with Gasteiger partial charge < -0.3 is 30.5 Å². The number of imidazole rings is 1. The van der Waals surface area contributed by atoms with Gasteiger partial charge in [0.05, 0.1) is 25.4 Å². The number of nitrogens with zero attached hydrogens (tertiary/aromatic N) is 3. The third kappa shape index (κ3) is 5.78. The number of hydrogen-bond donors (Lipinski definition) is 1. The van der Waals surface area contributed by atoms with E-state index in [1.165, 1.54) is 0 Å². The normalized spacial score (nSPS) is 10.6. The minimum atomic E-state index is -1.37. The van der Waals surface area contributed by atoms with E-state index in [-0.39, 0.29) is 51.7 Å². The summed E-state index contributed by atoms with van der Waals surface area (Å²) < 4.78 is 23.1. The van der Waals surface area contributed by atoms with Gasteiger partial charge in [-0.1, -0.05) is 0 Å². The van der Waals surface area contributed by atoms with Crippen LogP contribution < -0.4 is 9.47 Å². The maximum atomic E-state index is 12.7. The summed E-state index contributed by atoms with van der Waals surface area (Å²) in [4.78, 5) is 15.9. The second-order valence-corrected chi connectivity index (χ2v) is 6.67. The van der Waals surface area contributed by atoms with Gasteiger partial charge in [0.1, 0.15) is 5.75 Å². The van der Waals surface area contributed by atoms with Crippen molar-refractivity contribution in [2.24, 2.45) is 0 Å². The summed E-state index contributed by atoms with van der Waals surface area (Å²) in [6, 6.07) is 3.52. The molecule has 0 radical (unpaired) electrons. The summed E-state index contributed by atoms with van der Waals surface area (Å²) in [6.07, 6.45) is 1.73. The molecule has 1 atom stereocenters. The summed E-state index contributed by atoms with van der Waals surface area (Å²) in [5, 5.41) is 0.367. The molecule has 0 aliphatic rings. The van der Waals surface area contributed by atoms with Gasteiger partial charge in [-0.3, -0.25) is 9.97 Å². The molecule has 3 aromatic rings. The molecule has 0 spiro atoms. The van der Waals surface area contributed by atoms with Crippen LogP contribution in [0.25, 0.3) is 11.2 Å². The van der Waals surface area contributed by atoms with Crippen LogP contribution in [-0.4, -0.2) is 84.7 Å². The molecule has 10 nitrogen and oxygen atoms in total. The first kappa shape index (κ1) is 28.8. The molecular weight excluding hydrogens is 399 g/mol. The molecule has 0 aliphatic carbocycles. The van der Waals surface area contributed by atoms with Crippen molar-refractivity contribution >= 4 is 51.9 Å². The van der Waals surface area contributed by atoms with Crippen molar-refractivity contribution < 1.29 is 30.5 Å². The number of aromatic amines is 1. The van der Waals surface area contributed by atoms with Crippen LogP contribution in [0.1, 0.15) is 16.8 Å². The van der Waals surface area contributed by atoms with Gasteiger partial charge in [0, 0.05) is 34.6 Å². The van der Waals surface area contributed by atoms with E-state index in [1.807, 2.05) is 13.8 Å². The molecule has 28 heavy (non-hydrogen) atoms. The third-order valence-electron chi connectivity index (χ3n) is 3.74. The SMILES string of the molecule is COc1ccc2[nH]c([S+]([O-])Cc3ncc(C)c(OC)c3C)nc2n1.O.O.O.[NaH]. The van der Waals surface area contributed by atoms with E-state index < -0.39 is 11.2 Å². The van der Waals surface area contributed by atoms with Gasteiger partial charge in [-0.05, 0) is 19.9 Å². The molecule has 0 saturated heterocycles. The second kappa shape index (κ2) is 12.2. The molecule has 0 bridgehead atoms. The molecule has 3 aromatic heterocycles. The van der Waals surface area contributed by atoms with E-state index in [1.54, 1.807) is 32.5 Å². The van der Waals surface area contributed by atoms with Gasteiger partial charge in [0.15, 0.2) is 11.4 Å². The molecular formula is C16H25N4NaO6S. The zero-order valence-electron chi connectivity index (χ0n) is 15.4. The summed E-state index contributed by atoms with van der Waals surface area (Å²) in [5.41, 5.74) is 3.75.